The highest BCUT2D eigenvalue weighted by atomic mass is 32.2. The van der Waals surface area contributed by atoms with Crippen LogP contribution >= 0.6 is 7.60 Å². The van der Waals surface area contributed by atoms with E-state index in [1.165, 1.54) is 24.3 Å². The molecule has 4 aromatic rings. The van der Waals surface area contributed by atoms with E-state index in [9.17, 15) is 26.6 Å². The Morgan fingerprint density at radius 3 is 1.98 bits per heavy atom. The zero-order valence-electron chi connectivity index (χ0n) is 21.3. The van der Waals surface area contributed by atoms with E-state index in [4.69, 9.17) is 9.79 Å². The lowest BCUT2D eigenvalue weighted by Crippen LogP contribution is -2.45. The summed E-state index contributed by atoms with van der Waals surface area (Å²) in [4.78, 5) is 31.3. The summed E-state index contributed by atoms with van der Waals surface area (Å²) >= 11 is 0. The van der Waals surface area contributed by atoms with Crippen LogP contribution in [0.4, 0.5) is 25.8 Å². The lowest BCUT2D eigenvalue weighted by atomic mass is 10.0. The molecule has 214 valence electrons. The van der Waals surface area contributed by atoms with Crippen LogP contribution < -0.4 is 15.4 Å². The molecule has 5 N–H and O–H groups in total. The summed E-state index contributed by atoms with van der Waals surface area (Å²) in [7, 11) is -9.93. The number of alkyl halides is 2. The van der Waals surface area contributed by atoms with Crippen LogP contribution in [0.1, 0.15) is 11.1 Å². The molecule has 0 saturated heterocycles. The second kappa shape index (κ2) is 12.3. The molecule has 13 heteroatoms. The van der Waals surface area contributed by atoms with Crippen LogP contribution in [-0.4, -0.2) is 30.2 Å². The predicted octanol–water partition coefficient (Wildman–Crippen LogP) is 5.19. The number of sulfonamides is 1. The zero-order valence-corrected chi connectivity index (χ0v) is 23.0. The molecule has 0 aliphatic rings. The van der Waals surface area contributed by atoms with Crippen molar-refractivity contribution in [3.05, 3.63) is 120 Å². The monoisotopic (exact) mass is 601 g/mol. The van der Waals surface area contributed by atoms with E-state index in [1.807, 2.05) is 30.3 Å². The standard InChI is InChI=1S/C28H26F2N3O6PS/c29-28(30,40(35,36)37)21-16-14-20(15-17-21)18-26(33-41(38,39)25-12-5-2-6-13-25)27(34)32-24-11-7-10-23(19-24)31-22-8-3-1-4-9-22/h1-17,19,26,31,33H,18H2,(H,32,34)(H2,35,36,37)/t26-/m0/s1. The highest BCUT2D eigenvalue weighted by Gasteiger charge is 2.50. The van der Waals surface area contributed by atoms with E-state index in [-0.39, 0.29) is 16.9 Å². The summed E-state index contributed by atoms with van der Waals surface area (Å²) in [6.45, 7) is 0. The summed E-state index contributed by atoms with van der Waals surface area (Å²) in [5.74, 6) is -0.717. The summed E-state index contributed by atoms with van der Waals surface area (Å²) in [5.41, 5.74) is -3.20. The van der Waals surface area contributed by atoms with Crippen molar-refractivity contribution in [2.45, 2.75) is 23.0 Å². The van der Waals surface area contributed by atoms with Gasteiger partial charge in [0.1, 0.15) is 6.04 Å². The predicted molar refractivity (Wildman–Crippen MR) is 151 cm³/mol. The van der Waals surface area contributed by atoms with Gasteiger partial charge in [-0.2, -0.15) is 13.5 Å². The maximum atomic E-state index is 14.1. The summed E-state index contributed by atoms with van der Waals surface area (Å²) in [6, 6.07) is 26.1. The highest BCUT2D eigenvalue weighted by molar-refractivity contribution is 7.89. The third-order valence-corrected chi connectivity index (χ3v) is 8.44. The zero-order chi connectivity index (χ0) is 29.7. The molecule has 0 unspecified atom stereocenters. The third kappa shape index (κ3) is 7.63. The first-order valence-corrected chi connectivity index (χ1v) is 15.3. The molecule has 0 radical (unpaired) electrons. The van der Waals surface area contributed by atoms with E-state index in [1.54, 1.807) is 30.3 Å². The van der Waals surface area contributed by atoms with Crippen molar-refractivity contribution in [1.29, 1.82) is 0 Å². The molecule has 0 spiro atoms. The van der Waals surface area contributed by atoms with E-state index in [2.05, 4.69) is 15.4 Å². The fourth-order valence-corrected chi connectivity index (χ4v) is 5.58. The quantitative estimate of drug-likeness (QED) is 0.149. The number of anilines is 3. The number of rotatable bonds is 11. The molecule has 41 heavy (non-hydrogen) atoms. The number of amides is 1. The van der Waals surface area contributed by atoms with Crippen molar-refractivity contribution in [2.24, 2.45) is 0 Å². The highest BCUT2D eigenvalue weighted by Crippen LogP contribution is 2.59. The van der Waals surface area contributed by atoms with Gasteiger partial charge >= 0.3 is 13.3 Å². The van der Waals surface area contributed by atoms with Gasteiger partial charge in [0.2, 0.25) is 15.9 Å². The van der Waals surface area contributed by atoms with Crippen molar-refractivity contribution >= 4 is 40.6 Å². The average molecular weight is 602 g/mol. The first-order chi connectivity index (χ1) is 19.3. The van der Waals surface area contributed by atoms with Gasteiger partial charge in [0, 0.05) is 22.6 Å². The molecule has 0 fully saturated rings. The Hall–Kier alpha value is -3.93. The minimum absolute atomic E-state index is 0.0801. The Morgan fingerprint density at radius 1 is 0.805 bits per heavy atom. The first kappa shape index (κ1) is 30.0. The first-order valence-electron chi connectivity index (χ1n) is 12.2. The van der Waals surface area contributed by atoms with Gasteiger partial charge in [-0.05, 0) is 54.4 Å². The van der Waals surface area contributed by atoms with Gasteiger partial charge in [0.25, 0.3) is 0 Å². The lowest BCUT2D eigenvalue weighted by Gasteiger charge is -2.20. The number of hydrogen-bond donors (Lipinski definition) is 5. The Labute approximate surface area is 235 Å². The van der Waals surface area contributed by atoms with Crippen LogP contribution in [0.2, 0.25) is 0 Å². The maximum Gasteiger partial charge on any atom is 0.399 e. The molecule has 1 atom stereocenters. The van der Waals surface area contributed by atoms with E-state index < -0.39 is 40.8 Å². The minimum Gasteiger partial charge on any atom is -0.355 e. The number of para-hydroxylation sites is 1. The lowest BCUT2D eigenvalue weighted by molar-refractivity contribution is -0.117. The van der Waals surface area contributed by atoms with Crippen LogP contribution in [0.3, 0.4) is 0 Å². The molecule has 0 aromatic heterocycles. The van der Waals surface area contributed by atoms with Gasteiger partial charge in [-0.25, -0.2) is 8.42 Å². The van der Waals surface area contributed by atoms with Crippen LogP contribution in [0.5, 0.6) is 0 Å². The molecule has 0 heterocycles. The van der Waals surface area contributed by atoms with Crippen molar-refractivity contribution in [2.75, 3.05) is 10.6 Å². The molecule has 9 nitrogen and oxygen atoms in total. The van der Waals surface area contributed by atoms with Crippen molar-refractivity contribution < 1.29 is 36.3 Å². The van der Waals surface area contributed by atoms with Crippen molar-refractivity contribution in [1.82, 2.24) is 4.72 Å². The fourth-order valence-electron chi connectivity index (χ4n) is 3.88. The smallest absolute Gasteiger partial charge is 0.355 e. The molecule has 4 aromatic carbocycles. The second-order valence-electron chi connectivity index (χ2n) is 9.03. The molecule has 0 aliphatic heterocycles. The Balaban J connectivity index is 1.58. The van der Waals surface area contributed by atoms with Crippen LogP contribution in [0.15, 0.2) is 114 Å². The van der Waals surface area contributed by atoms with E-state index in [0.717, 1.165) is 30.0 Å². The van der Waals surface area contributed by atoms with Gasteiger partial charge in [-0.15, -0.1) is 0 Å². The number of halogens is 2. The second-order valence-corrected chi connectivity index (χ2v) is 12.4. The van der Waals surface area contributed by atoms with Crippen molar-refractivity contribution in [3.8, 4) is 0 Å². The number of carbonyl (C=O) groups excluding carboxylic acids is 1. The number of benzene rings is 4. The Morgan fingerprint density at radius 2 is 1.37 bits per heavy atom. The Bertz CT molecular complexity index is 1650. The van der Waals surface area contributed by atoms with E-state index in [0.29, 0.717) is 11.4 Å². The average Bonchev–Trinajstić information content (AvgIpc) is 2.93. The largest absolute Gasteiger partial charge is 0.399 e. The van der Waals surface area contributed by atoms with Crippen molar-refractivity contribution in [3.63, 3.8) is 0 Å². The number of carbonyl (C=O) groups is 1. The number of hydrogen-bond acceptors (Lipinski definition) is 5. The van der Waals surface area contributed by atoms with E-state index >= 15 is 0 Å². The molecule has 0 saturated carbocycles. The third-order valence-electron chi connectivity index (χ3n) is 5.97. The van der Waals surface area contributed by atoms with Gasteiger partial charge in [-0.3, -0.25) is 9.36 Å². The Kier molecular flexibility index (Phi) is 9.01. The SMILES string of the molecule is O=C(Nc1cccc(Nc2ccccc2)c1)[C@H](Cc1ccc(C(F)(F)P(=O)(O)O)cc1)NS(=O)(=O)c1ccccc1. The van der Waals surface area contributed by atoms with Crippen LogP contribution in [0.25, 0.3) is 0 Å². The molecule has 4 rings (SSSR count). The molecule has 0 bridgehead atoms. The fraction of sp³-hybridized carbons (Fsp3) is 0.107. The minimum atomic E-state index is -5.77. The molecule has 1 amide bonds. The number of nitrogens with one attached hydrogen (secondary N) is 3. The van der Waals surface area contributed by atoms with Gasteiger partial charge in [0.05, 0.1) is 4.90 Å². The maximum absolute atomic E-state index is 14.1. The molecular weight excluding hydrogens is 575 g/mol. The van der Waals surface area contributed by atoms with Gasteiger partial charge in [-0.1, -0.05) is 66.7 Å². The van der Waals surface area contributed by atoms with Gasteiger partial charge < -0.3 is 20.4 Å². The van der Waals surface area contributed by atoms with Crippen LogP contribution in [-0.2, 0) is 31.5 Å². The molecule has 0 aliphatic carbocycles. The summed E-state index contributed by atoms with van der Waals surface area (Å²) in [6.07, 6.45) is -0.248. The topological polar surface area (TPSA) is 145 Å². The summed E-state index contributed by atoms with van der Waals surface area (Å²) in [5, 5.41) is 5.88. The van der Waals surface area contributed by atoms with Gasteiger partial charge in [0.15, 0.2) is 0 Å². The summed E-state index contributed by atoms with van der Waals surface area (Å²) < 4.78 is 67.9. The van der Waals surface area contributed by atoms with Crippen LogP contribution in [0, 0.1) is 0 Å². The normalized spacial score (nSPS) is 12.9. The molecular formula is C28H26F2N3O6PS.